The zero-order chi connectivity index (χ0) is 19.4. The summed E-state index contributed by atoms with van der Waals surface area (Å²) in [5.74, 6) is -0.152. The van der Waals surface area contributed by atoms with Crippen LogP contribution in [0.15, 0.2) is 30.3 Å². The average molecular weight is 373 g/mol. The number of carbonyl (C=O) groups excluding carboxylic acids is 3. The summed E-state index contributed by atoms with van der Waals surface area (Å²) in [5, 5.41) is 2.66. The largest absolute Gasteiger partial charge is 0.453 e. The molecule has 0 saturated carbocycles. The van der Waals surface area contributed by atoms with E-state index in [4.69, 9.17) is 9.47 Å². The minimum absolute atomic E-state index is 0.152. The van der Waals surface area contributed by atoms with Crippen molar-refractivity contribution in [3.05, 3.63) is 35.9 Å². The highest BCUT2D eigenvalue weighted by atomic mass is 16.6. The first-order chi connectivity index (χ1) is 13.0. The SMILES string of the molecule is COC(=O)N1CC=C(c2ccc(N3C[C@H](CNC(C)=O)OC3=O)cc2)CC1. The standard InChI is InChI=1S/C19H23N3O5/c1-13(23)20-11-17-12-22(19(25)27-17)16-5-3-14(4-6-16)15-7-9-21(10-8-15)18(24)26-2/h3-7,17H,8-12H2,1-2H3,(H,20,23)/t17-/m0/s1. The van der Waals surface area contributed by atoms with Crippen molar-refractivity contribution in [3.8, 4) is 0 Å². The van der Waals surface area contributed by atoms with Gasteiger partial charge in [0.05, 0.1) is 20.2 Å². The molecule has 0 aliphatic carbocycles. The molecule has 2 aliphatic rings. The molecule has 0 radical (unpaired) electrons. The second-order valence-corrected chi connectivity index (χ2v) is 6.50. The molecule has 8 heteroatoms. The third-order valence-corrected chi connectivity index (χ3v) is 4.64. The highest BCUT2D eigenvalue weighted by Gasteiger charge is 2.32. The van der Waals surface area contributed by atoms with Gasteiger partial charge in [0.25, 0.3) is 0 Å². The van der Waals surface area contributed by atoms with Crippen molar-refractivity contribution in [1.82, 2.24) is 10.2 Å². The molecule has 0 bridgehead atoms. The lowest BCUT2D eigenvalue weighted by atomic mass is 9.99. The van der Waals surface area contributed by atoms with Crippen molar-refractivity contribution >= 4 is 29.4 Å². The average Bonchev–Trinajstić information content (AvgIpc) is 3.06. The van der Waals surface area contributed by atoms with Crippen molar-refractivity contribution in [2.75, 3.05) is 38.2 Å². The van der Waals surface area contributed by atoms with Gasteiger partial charge in [0, 0.05) is 25.7 Å². The monoisotopic (exact) mass is 373 g/mol. The lowest BCUT2D eigenvalue weighted by Crippen LogP contribution is -2.34. The van der Waals surface area contributed by atoms with E-state index in [-0.39, 0.29) is 18.1 Å². The molecule has 0 aromatic heterocycles. The quantitative estimate of drug-likeness (QED) is 0.872. The summed E-state index contributed by atoms with van der Waals surface area (Å²) in [7, 11) is 1.38. The maximum atomic E-state index is 12.1. The van der Waals surface area contributed by atoms with Gasteiger partial charge in [-0.2, -0.15) is 0 Å². The van der Waals surface area contributed by atoms with Crippen LogP contribution in [0.2, 0.25) is 0 Å². The Morgan fingerprint density at radius 3 is 2.63 bits per heavy atom. The van der Waals surface area contributed by atoms with Gasteiger partial charge < -0.3 is 19.7 Å². The second kappa shape index (κ2) is 8.11. The fourth-order valence-corrected chi connectivity index (χ4v) is 3.18. The molecule has 0 spiro atoms. The highest BCUT2D eigenvalue weighted by molar-refractivity contribution is 5.90. The number of anilines is 1. The molecule has 2 aliphatic heterocycles. The van der Waals surface area contributed by atoms with E-state index in [9.17, 15) is 14.4 Å². The third-order valence-electron chi connectivity index (χ3n) is 4.64. The maximum Gasteiger partial charge on any atom is 0.414 e. The summed E-state index contributed by atoms with van der Waals surface area (Å²) in [4.78, 5) is 37.8. The summed E-state index contributed by atoms with van der Waals surface area (Å²) in [6.07, 6.45) is 1.68. The molecule has 1 atom stereocenters. The molecule has 1 saturated heterocycles. The van der Waals surface area contributed by atoms with Gasteiger partial charge in [0.2, 0.25) is 5.91 Å². The van der Waals surface area contributed by atoms with E-state index in [1.54, 1.807) is 9.80 Å². The molecule has 1 aromatic carbocycles. The Hall–Kier alpha value is -3.03. The number of carbonyl (C=O) groups is 3. The number of methoxy groups -OCH3 is 1. The number of cyclic esters (lactones) is 1. The van der Waals surface area contributed by atoms with Crippen LogP contribution in [0, 0.1) is 0 Å². The molecule has 2 heterocycles. The minimum atomic E-state index is -0.413. The highest BCUT2D eigenvalue weighted by Crippen LogP contribution is 2.27. The fourth-order valence-electron chi connectivity index (χ4n) is 3.18. The molecule has 1 aromatic rings. The number of rotatable bonds is 4. The van der Waals surface area contributed by atoms with Gasteiger partial charge in [-0.3, -0.25) is 9.69 Å². The van der Waals surface area contributed by atoms with E-state index in [1.165, 1.54) is 14.0 Å². The maximum absolute atomic E-state index is 12.1. The summed E-state index contributed by atoms with van der Waals surface area (Å²) in [6.45, 7) is 3.27. The zero-order valence-corrected chi connectivity index (χ0v) is 15.4. The van der Waals surface area contributed by atoms with E-state index in [0.29, 0.717) is 26.2 Å². The number of nitrogens with zero attached hydrogens (tertiary/aromatic N) is 2. The molecular formula is C19H23N3O5. The van der Waals surface area contributed by atoms with Gasteiger partial charge in [-0.15, -0.1) is 0 Å². The van der Waals surface area contributed by atoms with E-state index in [0.717, 1.165) is 23.2 Å². The smallest absolute Gasteiger partial charge is 0.414 e. The van der Waals surface area contributed by atoms with Crippen molar-refractivity contribution in [2.24, 2.45) is 0 Å². The third kappa shape index (κ3) is 4.39. The summed E-state index contributed by atoms with van der Waals surface area (Å²) in [5.41, 5.74) is 2.97. The van der Waals surface area contributed by atoms with Gasteiger partial charge in [-0.1, -0.05) is 18.2 Å². The van der Waals surface area contributed by atoms with E-state index >= 15 is 0 Å². The van der Waals surface area contributed by atoms with Crippen LogP contribution in [-0.4, -0.2) is 62.4 Å². The predicted octanol–water partition coefficient (Wildman–Crippen LogP) is 2.00. The van der Waals surface area contributed by atoms with Crippen LogP contribution in [-0.2, 0) is 14.3 Å². The predicted molar refractivity (Wildman–Crippen MR) is 99.3 cm³/mol. The van der Waals surface area contributed by atoms with Gasteiger partial charge in [0.1, 0.15) is 6.10 Å². The van der Waals surface area contributed by atoms with Gasteiger partial charge in [0.15, 0.2) is 0 Å². The topological polar surface area (TPSA) is 88.2 Å². The Kier molecular flexibility index (Phi) is 5.63. The number of hydrogen-bond acceptors (Lipinski definition) is 5. The normalized spacial score (nSPS) is 19.4. The van der Waals surface area contributed by atoms with E-state index in [1.807, 2.05) is 30.3 Å². The van der Waals surface area contributed by atoms with Crippen LogP contribution in [0.4, 0.5) is 15.3 Å². The van der Waals surface area contributed by atoms with Crippen molar-refractivity contribution in [2.45, 2.75) is 19.4 Å². The molecule has 8 nitrogen and oxygen atoms in total. The number of ether oxygens (including phenoxy) is 2. The van der Waals surface area contributed by atoms with Crippen LogP contribution < -0.4 is 10.2 Å². The molecule has 0 unspecified atom stereocenters. The summed E-state index contributed by atoms with van der Waals surface area (Å²) < 4.78 is 10.0. The lowest BCUT2D eigenvalue weighted by molar-refractivity contribution is -0.119. The van der Waals surface area contributed by atoms with Crippen molar-refractivity contribution < 1.29 is 23.9 Å². The van der Waals surface area contributed by atoms with Gasteiger partial charge in [-0.25, -0.2) is 9.59 Å². The fraction of sp³-hybridized carbons (Fsp3) is 0.421. The van der Waals surface area contributed by atoms with E-state index < -0.39 is 6.09 Å². The molecule has 27 heavy (non-hydrogen) atoms. The molecule has 144 valence electrons. The van der Waals surface area contributed by atoms with Gasteiger partial charge in [-0.05, 0) is 29.7 Å². The molecule has 3 amide bonds. The number of benzene rings is 1. The number of hydrogen-bond donors (Lipinski definition) is 1. The Labute approximate surface area is 157 Å². The Balaban J connectivity index is 1.62. The van der Waals surface area contributed by atoms with Crippen LogP contribution >= 0.6 is 0 Å². The van der Waals surface area contributed by atoms with Crippen LogP contribution in [0.1, 0.15) is 18.9 Å². The Morgan fingerprint density at radius 2 is 2.04 bits per heavy atom. The first-order valence-corrected chi connectivity index (χ1v) is 8.83. The van der Waals surface area contributed by atoms with Crippen LogP contribution in [0.25, 0.3) is 5.57 Å². The van der Waals surface area contributed by atoms with Crippen molar-refractivity contribution in [1.29, 1.82) is 0 Å². The first-order valence-electron chi connectivity index (χ1n) is 8.83. The second-order valence-electron chi connectivity index (χ2n) is 6.50. The summed E-state index contributed by atoms with van der Waals surface area (Å²) >= 11 is 0. The van der Waals surface area contributed by atoms with Crippen LogP contribution in [0.3, 0.4) is 0 Å². The molecule has 1 N–H and O–H groups in total. The lowest BCUT2D eigenvalue weighted by Gasteiger charge is -2.25. The first kappa shape index (κ1) is 18.8. The number of amides is 3. The Bertz CT molecular complexity index is 759. The Morgan fingerprint density at radius 1 is 1.30 bits per heavy atom. The minimum Gasteiger partial charge on any atom is -0.453 e. The molecular weight excluding hydrogens is 350 g/mol. The number of nitrogens with one attached hydrogen (secondary N) is 1. The van der Waals surface area contributed by atoms with Crippen molar-refractivity contribution in [3.63, 3.8) is 0 Å². The zero-order valence-electron chi connectivity index (χ0n) is 15.4. The van der Waals surface area contributed by atoms with Crippen LogP contribution in [0.5, 0.6) is 0 Å². The van der Waals surface area contributed by atoms with Gasteiger partial charge >= 0.3 is 12.2 Å². The molecule has 3 rings (SSSR count). The molecule has 1 fully saturated rings. The summed E-state index contributed by atoms with van der Waals surface area (Å²) in [6, 6.07) is 7.68. The van der Waals surface area contributed by atoms with E-state index in [2.05, 4.69) is 5.32 Å².